The number of halogens is 3. The van der Waals surface area contributed by atoms with Crippen molar-refractivity contribution in [1.29, 1.82) is 0 Å². The number of benzene rings is 1. The van der Waals surface area contributed by atoms with Crippen LogP contribution >= 0.6 is 24.0 Å². The van der Waals surface area contributed by atoms with Gasteiger partial charge in [-0.3, -0.25) is 0 Å². The Labute approximate surface area is 123 Å². The summed E-state index contributed by atoms with van der Waals surface area (Å²) < 4.78 is 39.5. The molecule has 1 aliphatic heterocycles. The van der Waals surface area contributed by atoms with Gasteiger partial charge in [0.15, 0.2) is 0 Å². The quantitative estimate of drug-likeness (QED) is 0.901. The summed E-state index contributed by atoms with van der Waals surface area (Å²) in [6.07, 6.45) is 0. The molecule has 0 saturated carbocycles. The molecule has 0 amide bonds. The second-order valence-corrected chi connectivity index (χ2v) is 6.64. The second kappa shape index (κ2) is 6.37. The zero-order chi connectivity index (χ0) is 13.3. The van der Waals surface area contributed by atoms with Gasteiger partial charge in [0.1, 0.15) is 10.7 Å². The molecule has 108 valence electrons. The first-order valence-electron chi connectivity index (χ1n) is 5.60. The average molecular weight is 329 g/mol. The van der Waals surface area contributed by atoms with E-state index in [9.17, 15) is 12.8 Å². The van der Waals surface area contributed by atoms with Gasteiger partial charge in [0.05, 0.1) is 0 Å². The summed E-state index contributed by atoms with van der Waals surface area (Å²) in [5.41, 5.74) is 0. The Morgan fingerprint density at radius 1 is 1.47 bits per heavy atom. The second-order valence-electron chi connectivity index (χ2n) is 4.29. The lowest BCUT2D eigenvalue weighted by atomic mass is 10.3. The van der Waals surface area contributed by atoms with E-state index in [1.54, 1.807) is 0 Å². The predicted molar refractivity (Wildman–Crippen MR) is 74.9 cm³/mol. The topological polar surface area (TPSA) is 49.4 Å². The molecule has 1 fully saturated rings. The molecule has 2 rings (SSSR count). The smallest absolute Gasteiger partial charge is 0.246 e. The predicted octanol–water partition coefficient (Wildman–Crippen LogP) is 1.88. The SMILES string of the molecule is C[C@H]1CN(S(=O)(=O)c2ccc(Cl)cc2F)CCN1.Cl. The normalized spacial score (nSPS) is 20.9. The van der Waals surface area contributed by atoms with Crippen LogP contribution in [0.3, 0.4) is 0 Å². The first-order valence-corrected chi connectivity index (χ1v) is 7.41. The van der Waals surface area contributed by atoms with Crippen molar-refractivity contribution in [1.82, 2.24) is 9.62 Å². The number of nitrogens with zero attached hydrogens (tertiary/aromatic N) is 1. The Hall–Kier alpha value is -0.400. The molecule has 0 unspecified atom stereocenters. The molecule has 1 atom stereocenters. The highest BCUT2D eigenvalue weighted by atomic mass is 35.5. The van der Waals surface area contributed by atoms with E-state index in [0.717, 1.165) is 6.07 Å². The Morgan fingerprint density at radius 2 is 2.16 bits per heavy atom. The Morgan fingerprint density at radius 3 is 2.74 bits per heavy atom. The largest absolute Gasteiger partial charge is 0.312 e. The van der Waals surface area contributed by atoms with Gasteiger partial charge in [0.25, 0.3) is 0 Å². The molecule has 19 heavy (non-hydrogen) atoms. The lowest BCUT2D eigenvalue weighted by molar-refractivity contribution is 0.309. The van der Waals surface area contributed by atoms with Crippen molar-refractivity contribution in [3.05, 3.63) is 29.0 Å². The number of nitrogens with one attached hydrogen (secondary N) is 1. The van der Waals surface area contributed by atoms with Gasteiger partial charge in [-0.05, 0) is 25.1 Å². The van der Waals surface area contributed by atoms with Crippen molar-refractivity contribution in [3.63, 3.8) is 0 Å². The van der Waals surface area contributed by atoms with Crippen molar-refractivity contribution in [2.75, 3.05) is 19.6 Å². The van der Waals surface area contributed by atoms with E-state index < -0.39 is 15.8 Å². The summed E-state index contributed by atoms with van der Waals surface area (Å²) in [6, 6.07) is 3.66. The number of sulfonamides is 1. The maximum Gasteiger partial charge on any atom is 0.246 e. The van der Waals surface area contributed by atoms with E-state index in [0.29, 0.717) is 19.6 Å². The summed E-state index contributed by atoms with van der Waals surface area (Å²) in [5.74, 6) is -0.811. The van der Waals surface area contributed by atoms with Crippen LogP contribution in [0.15, 0.2) is 23.1 Å². The Bertz CT molecular complexity index is 554. The van der Waals surface area contributed by atoms with Crippen LogP contribution in [0.5, 0.6) is 0 Å². The summed E-state index contributed by atoms with van der Waals surface area (Å²) >= 11 is 5.62. The van der Waals surface area contributed by atoms with Crippen molar-refractivity contribution >= 4 is 34.0 Å². The molecule has 1 aromatic rings. The van der Waals surface area contributed by atoms with Gasteiger partial charge in [-0.25, -0.2) is 12.8 Å². The maximum absolute atomic E-state index is 13.7. The molecule has 1 saturated heterocycles. The highest BCUT2D eigenvalue weighted by Gasteiger charge is 2.30. The molecular formula is C11H15Cl2FN2O2S. The van der Waals surface area contributed by atoms with E-state index in [4.69, 9.17) is 11.6 Å². The van der Waals surface area contributed by atoms with E-state index in [1.165, 1.54) is 16.4 Å². The van der Waals surface area contributed by atoms with Gasteiger partial charge >= 0.3 is 0 Å². The minimum atomic E-state index is -3.78. The fraction of sp³-hybridized carbons (Fsp3) is 0.455. The fourth-order valence-corrected chi connectivity index (χ4v) is 3.67. The third-order valence-electron chi connectivity index (χ3n) is 2.84. The minimum absolute atomic E-state index is 0. The van der Waals surface area contributed by atoms with E-state index in [1.807, 2.05) is 6.92 Å². The van der Waals surface area contributed by atoms with Crippen molar-refractivity contribution in [2.45, 2.75) is 17.9 Å². The molecule has 1 heterocycles. The van der Waals surface area contributed by atoms with Crippen molar-refractivity contribution in [2.24, 2.45) is 0 Å². The molecule has 0 bridgehead atoms. The Kier molecular flexibility index (Phi) is 5.58. The van der Waals surface area contributed by atoms with Gasteiger partial charge in [-0.2, -0.15) is 4.31 Å². The maximum atomic E-state index is 13.7. The monoisotopic (exact) mass is 328 g/mol. The summed E-state index contributed by atoms with van der Waals surface area (Å²) in [7, 11) is -3.78. The van der Waals surface area contributed by atoms with Gasteiger partial charge in [0, 0.05) is 30.7 Å². The van der Waals surface area contributed by atoms with Crippen LogP contribution in [0.25, 0.3) is 0 Å². The average Bonchev–Trinajstić information content (AvgIpc) is 2.28. The standard InChI is InChI=1S/C11H14ClFN2O2S.ClH/c1-8-7-15(5-4-14-8)18(16,17)11-3-2-9(12)6-10(11)13;/h2-3,6,8,14H,4-5,7H2,1H3;1H/t8-;/m0./s1. The first kappa shape index (κ1) is 16.7. The lowest BCUT2D eigenvalue weighted by Crippen LogP contribution is -2.51. The molecule has 1 aliphatic rings. The molecule has 1 N–H and O–H groups in total. The number of hydrogen-bond acceptors (Lipinski definition) is 3. The highest BCUT2D eigenvalue weighted by molar-refractivity contribution is 7.89. The molecule has 0 radical (unpaired) electrons. The van der Waals surface area contributed by atoms with Crippen LogP contribution in [0.4, 0.5) is 4.39 Å². The highest BCUT2D eigenvalue weighted by Crippen LogP contribution is 2.23. The summed E-state index contributed by atoms with van der Waals surface area (Å²) in [5, 5.41) is 3.32. The van der Waals surface area contributed by atoms with Gasteiger partial charge in [-0.1, -0.05) is 11.6 Å². The number of rotatable bonds is 2. The molecule has 0 spiro atoms. The number of piperazine rings is 1. The van der Waals surface area contributed by atoms with Crippen LogP contribution in [0.2, 0.25) is 5.02 Å². The molecule has 8 heteroatoms. The van der Waals surface area contributed by atoms with Gasteiger partial charge in [-0.15, -0.1) is 12.4 Å². The van der Waals surface area contributed by atoms with Crippen molar-refractivity contribution < 1.29 is 12.8 Å². The minimum Gasteiger partial charge on any atom is -0.312 e. The van der Waals surface area contributed by atoms with Crippen molar-refractivity contribution in [3.8, 4) is 0 Å². The van der Waals surface area contributed by atoms with Crippen LogP contribution in [-0.2, 0) is 10.0 Å². The van der Waals surface area contributed by atoms with Crippen LogP contribution < -0.4 is 5.32 Å². The molecular weight excluding hydrogens is 314 g/mol. The zero-order valence-electron chi connectivity index (χ0n) is 10.3. The van der Waals surface area contributed by atoms with Gasteiger partial charge in [0.2, 0.25) is 10.0 Å². The van der Waals surface area contributed by atoms with Crippen LogP contribution in [0, 0.1) is 5.82 Å². The van der Waals surface area contributed by atoms with Crippen LogP contribution in [0.1, 0.15) is 6.92 Å². The number of hydrogen-bond donors (Lipinski definition) is 1. The van der Waals surface area contributed by atoms with Crippen LogP contribution in [-0.4, -0.2) is 38.4 Å². The molecule has 0 aromatic heterocycles. The molecule has 1 aromatic carbocycles. The summed E-state index contributed by atoms with van der Waals surface area (Å²) in [4.78, 5) is -0.319. The van der Waals surface area contributed by atoms with E-state index in [2.05, 4.69) is 5.32 Å². The third kappa shape index (κ3) is 3.58. The fourth-order valence-electron chi connectivity index (χ4n) is 1.94. The third-order valence-corrected chi connectivity index (χ3v) is 4.98. The molecule has 0 aliphatic carbocycles. The van der Waals surface area contributed by atoms with Gasteiger partial charge < -0.3 is 5.32 Å². The Balaban J connectivity index is 0.00000180. The van der Waals surface area contributed by atoms with E-state index >= 15 is 0 Å². The lowest BCUT2D eigenvalue weighted by Gasteiger charge is -2.31. The van der Waals surface area contributed by atoms with E-state index in [-0.39, 0.29) is 28.4 Å². The zero-order valence-corrected chi connectivity index (χ0v) is 12.7. The molecule has 4 nitrogen and oxygen atoms in total. The first-order chi connectivity index (χ1) is 8.41. The summed E-state index contributed by atoms with van der Waals surface area (Å²) in [6.45, 7) is 3.13.